The number of carbonyl (C=O) groups excluding carboxylic acids is 2. The van der Waals surface area contributed by atoms with Crippen LogP contribution in [0.1, 0.15) is 30.3 Å². The third-order valence-corrected chi connectivity index (χ3v) is 4.90. The molecule has 2 aromatic rings. The molecular weight excluding hydrogens is 363 g/mol. The summed E-state index contributed by atoms with van der Waals surface area (Å²) in [7, 11) is 0. The van der Waals surface area contributed by atoms with Crippen LogP contribution in [0.15, 0.2) is 30.5 Å². The Labute approximate surface area is 155 Å². The first-order valence-electron chi connectivity index (χ1n) is 8.01. The number of nitrogens with zero attached hydrogens (tertiary/aromatic N) is 3. The standard InChI is InChI=1S/C17H18Cl2N4O2/c1-11(24)20-12-4-7-22(8-5-12)17(25)16-6-9-23(21-16)13-2-3-14(18)15(19)10-13/h2-3,6,9-10,12H,4-5,7-8H2,1H3,(H,20,24). The van der Waals surface area contributed by atoms with Gasteiger partial charge >= 0.3 is 0 Å². The molecule has 3 rings (SSSR count). The number of rotatable bonds is 3. The van der Waals surface area contributed by atoms with E-state index in [1.165, 1.54) is 6.92 Å². The molecule has 0 saturated carbocycles. The summed E-state index contributed by atoms with van der Waals surface area (Å²) in [5.41, 5.74) is 1.11. The molecule has 0 unspecified atom stereocenters. The summed E-state index contributed by atoms with van der Waals surface area (Å²) >= 11 is 11.9. The fourth-order valence-corrected chi connectivity index (χ4v) is 3.18. The molecule has 25 heavy (non-hydrogen) atoms. The average molecular weight is 381 g/mol. The first-order chi connectivity index (χ1) is 11.9. The Morgan fingerprint density at radius 1 is 1.16 bits per heavy atom. The van der Waals surface area contributed by atoms with Crippen LogP contribution in [0.4, 0.5) is 0 Å². The lowest BCUT2D eigenvalue weighted by Gasteiger charge is -2.31. The number of aromatic nitrogens is 2. The van der Waals surface area contributed by atoms with Crippen LogP contribution >= 0.6 is 23.2 Å². The van der Waals surface area contributed by atoms with Gasteiger partial charge in [0, 0.05) is 32.3 Å². The number of nitrogens with one attached hydrogen (secondary N) is 1. The zero-order chi connectivity index (χ0) is 18.0. The maximum atomic E-state index is 12.6. The van der Waals surface area contributed by atoms with Crippen LogP contribution in [0, 0.1) is 0 Å². The zero-order valence-electron chi connectivity index (χ0n) is 13.7. The fraction of sp³-hybridized carbons (Fsp3) is 0.353. The van der Waals surface area contributed by atoms with Crippen molar-refractivity contribution in [2.75, 3.05) is 13.1 Å². The van der Waals surface area contributed by atoms with Crippen molar-refractivity contribution in [2.45, 2.75) is 25.8 Å². The van der Waals surface area contributed by atoms with Gasteiger partial charge in [0.1, 0.15) is 0 Å². The molecule has 0 radical (unpaired) electrons. The van der Waals surface area contributed by atoms with E-state index in [2.05, 4.69) is 10.4 Å². The average Bonchev–Trinajstić information content (AvgIpc) is 3.07. The van der Waals surface area contributed by atoms with E-state index in [4.69, 9.17) is 23.2 Å². The highest BCUT2D eigenvalue weighted by Gasteiger charge is 2.25. The third-order valence-electron chi connectivity index (χ3n) is 4.17. The van der Waals surface area contributed by atoms with Crippen molar-refractivity contribution in [2.24, 2.45) is 0 Å². The number of hydrogen-bond acceptors (Lipinski definition) is 3. The van der Waals surface area contributed by atoms with Gasteiger partial charge in [-0.05, 0) is 37.1 Å². The molecule has 0 spiro atoms. The zero-order valence-corrected chi connectivity index (χ0v) is 15.2. The van der Waals surface area contributed by atoms with Crippen LogP contribution in [0.3, 0.4) is 0 Å². The molecule has 0 atom stereocenters. The second-order valence-electron chi connectivity index (χ2n) is 6.01. The largest absolute Gasteiger partial charge is 0.353 e. The first-order valence-corrected chi connectivity index (χ1v) is 8.77. The van der Waals surface area contributed by atoms with Gasteiger partial charge in [-0.15, -0.1) is 0 Å². The number of amides is 2. The van der Waals surface area contributed by atoms with E-state index in [1.54, 1.807) is 40.0 Å². The molecule has 1 fully saturated rings. The van der Waals surface area contributed by atoms with Gasteiger partial charge in [-0.25, -0.2) is 4.68 Å². The third kappa shape index (κ3) is 4.14. The van der Waals surface area contributed by atoms with Crippen molar-refractivity contribution < 1.29 is 9.59 Å². The molecule has 1 aromatic heterocycles. The minimum Gasteiger partial charge on any atom is -0.353 e. The highest BCUT2D eigenvalue weighted by Crippen LogP contribution is 2.24. The normalized spacial score (nSPS) is 15.2. The summed E-state index contributed by atoms with van der Waals surface area (Å²) in [5.74, 6) is -0.148. The highest BCUT2D eigenvalue weighted by molar-refractivity contribution is 6.42. The smallest absolute Gasteiger partial charge is 0.274 e. The van der Waals surface area contributed by atoms with Gasteiger partial charge in [0.2, 0.25) is 5.91 Å². The van der Waals surface area contributed by atoms with Crippen molar-refractivity contribution in [3.63, 3.8) is 0 Å². The molecular formula is C17H18Cl2N4O2. The van der Waals surface area contributed by atoms with Crippen molar-refractivity contribution in [3.05, 3.63) is 46.2 Å². The number of likely N-dealkylation sites (tertiary alicyclic amines) is 1. The lowest BCUT2D eigenvalue weighted by molar-refractivity contribution is -0.119. The van der Waals surface area contributed by atoms with Crippen molar-refractivity contribution in [1.29, 1.82) is 0 Å². The molecule has 0 bridgehead atoms. The van der Waals surface area contributed by atoms with E-state index in [0.29, 0.717) is 28.8 Å². The van der Waals surface area contributed by atoms with Crippen LogP contribution in [-0.2, 0) is 4.79 Å². The SMILES string of the molecule is CC(=O)NC1CCN(C(=O)c2ccn(-c3ccc(Cl)c(Cl)c3)n2)CC1. The lowest BCUT2D eigenvalue weighted by Crippen LogP contribution is -2.46. The summed E-state index contributed by atoms with van der Waals surface area (Å²) in [6, 6.07) is 6.99. The highest BCUT2D eigenvalue weighted by atomic mass is 35.5. The maximum Gasteiger partial charge on any atom is 0.274 e. The molecule has 1 aliphatic heterocycles. The fourth-order valence-electron chi connectivity index (χ4n) is 2.89. The summed E-state index contributed by atoms with van der Waals surface area (Å²) < 4.78 is 1.60. The summed E-state index contributed by atoms with van der Waals surface area (Å²) in [5, 5.41) is 8.15. The van der Waals surface area contributed by atoms with Crippen molar-refractivity contribution in [1.82, 2.24) is 20.0 Å². The first kappa shape index (κ1) is 17.8. The number of hydrogen-bond donors (Lipinski definition) is 1. The van der Waals surface area contributed by atoms with Gasteiger partial charge in [0.05, 0.1) is 15.7 Å². The molecule has 0 aliphatic carbocycles. The Morgan fingerprint density at radius 2 is 1.88 bits per heavy atom. The van der Waals surface area contributed by atoms with Gasteiger partial charge in [-0.1, -0.05) is 23.2 Å². The van der Waals surface area contributed by atoms with Crippen LogP contribution in [-0.4, -0.2) is 45.6 Å². The molecule has 8 heteroatoms. The number of piperidine rings is 1. The van der Waals surface area contributed by atoms with E-state index in [0.717, 1.165) is 18.5 Å². The number of carbonyl (C=O) groups is 2. The predicted molar refractivity (Wildman–Crippen MR) is 96.3 cm³/mol. The van der Waals surface area contributed by atoms with Gasteiger partial charge in [-0.2, -0.15) is 5.10 Å². The Kier molecular flexibility index (Phi) is 5.30. The van der Waals surface area contributed by atoms with E-state index < -0.39 is 0 Å². The second kappa shape index (κ2) is 7.45. The van der Waals surface area contributed by atoms with Crippen LogP contribution in [0.5, 0.6) is 0 Å². The second-order valence-corrected chi connectivity index (χ2v) is 6.83. The van der Waals surface area contributed by atoms with Gasteiger partial charge in [0.15, 0.2) is 5.69 Å². The van der Waals surface area contributed by atoms with Crippen molar-refractivity contribution >= 4 is 35.0 Å². The van der Waals surface area contributed by atoms with Crippen LogP contribution in [0.25, 0.3) is 5.69 Å². The predicted octanol–water partition coefficient (Wildman–Crippen LogP) is 2.92. The molecule has 1 saturated heterocycles. The summed E-state index contributed by atoms with van der Waals surface area (Å²) in [6.45, 7) is 2.71. The van der Waals surface area contributed by atoms with E-state index >= 15 is 0 Å². The Hall–Kier alpha value is -2.05. The van der Waals surface area contributed by atoms with Gasteiger partial charge in [0.25, 0.3) is 5.91 Å². The maximum absolute atomic E-state index is 12.6. The van der Waals surface area contributed by atoms with E-state index in [9.17, 15) is 9.59 Å². The molecule has 2 heterocycles. The lowest BCUT2D eigenvalue weighted by atomic mass is 10.0. The van der Waals surface area contributed by atoms with Crippen LogP contribution < -0.4 is 5.32 Å². The van der Waals surface area contributed by atoms with E-state index in [-0.39, 0.29) is 17.9 Å². The van der Waals surface area contributed by atoms with Crippen molar-refractivity contribution in [3.8, 4) is 5.69 Å². The van der Waals surface area contributed by atoms with E-state index in [1.807, 2.05) is 0 Å². The summed E-state index contributed by atoms with van der Waals surface area (Å²) in [4.78, 5) is 25.5. The molecule has 6 nitrogen and oxygen atoms in total. The molecule has 1 aromatic carbocycles. The van der Waals surface area contributed by atoms with Crippen LogP contribution in [0.2, 0.25) is 10.0 Å². The number of halogens is 2. The summed E-state index contributed by atoms with van der Waals surface area (Å²) in [6.07, 6.45) is 3.22. The quantitative estimate of drug-likeness (QED) is 0.889. The minimum absolute atomic E-state index is 0.0369. The molecule has 1 N–H and O–H groups in total. The number of benzene rings is 1. The molecule has 132 valence electrons. The Balaban J connectivity index is 1.67. The molecule has 1 aliphatic rings. The topological polar surface area (TPSA) is 67.2 Å². The Morgan fingerprint density at radius 3 is 2.52 bits per heavy atom. The molecule has 2 amide bonds. The van der Waals surface area contributed by atoms with Gasteiger partial charge in [-0.3, -0.25) is 9.59 Å². The Bertz CT molecular complexity index is 798. The minimum atomic E-state index is -0.111. The van der Waals surface area contributed by atoms with Gasteiger partial charge < -0.3 is 10.2 Å². The monoisotopic (exact) mass is 380 g/mol.